The summed E-state index contributed by atoms with van der Waals surface area (Å²) >= 11 is 1.49. The molecule has 0 aromatic heterocycles. The first-order valence-corrected chi connectivity index (χ1v) is 5.58. The van der Waals surface area contributed by atoms with Crippen molar-refractivity contribution in [1.82, 2.24) is 0 Å². The van der Waals surface area contributed by atoms with Crippen LogP contribution in [0, 0.1) is 11.3 Å². The second-order valence-electron chi connectivity index (χ2n) is 3.16. The number of nitrogens with two attached hydrogens (primary N) is 1. The van der Waals surface area contributed by atoms with Crippen molar-refractivity contribution in [2.75, 3.05) is 0 Å². The molecule has 0 radical (unpaired) electrons. The van der Waals surface area contributed by atoms with Crippen LogP contribution in [0.15, 0.2) is 24.3 Å². The maximum atomic E-state index is 10.8. The van der Waals surface area contributed by atoms with Crippen LogP contribution in [0.25, 0.3) is 0 Å². The third-order valence-corrected chi connectivity index (χ3v) is 3.22. The van der Waals surface area contributed by atoms with Gasteiger partial charge in [0.1, 0.15) is 0 Å². The zero-order valence-electron chi connectivity index (χ0n) is 8.43. The molecule has 1 aromatic rings. The second-order valence-corrected chi connectivity index (χ2v) is 4.49. The lowest BCUT2D eigenvalue weighted by Gasteiger charge is -2.06. The molecule has 0 saturated heterocycles. The summed E-state index contributed by atoms with van der Waals surface area (Å²) < 4.78 is 0. The number of hydrogen-bond acceptors (Lipinski definition) is 3. The van der Waals surface area contributed by atoms with Crippen molar-refractivity contribution >= 4 is 17.7 Å². The Morgan fingerprint density at radius 3 is 2.60 bits per heavy atom. The minimum Gasteiger partial charge on any atom is -0.369 e. The predicted molar refractivity (Wildman–Crippen MR) is 61.1 cm³/mol. The van der Waals surface area contributed by atoms with E-state index in [1.807, 2.05) is 12.1 Å². The lowest BCUT2D eigenvalue weighted by molar-refractivity contribution is -0.117. The van der Waals surface area contributed by atoms with Crippen LogP contribution in [-0.2, 0) is 10.5 Å². The van der Waals surface area contributed by atoms with Gasteiger partial charge >= 0.3 is 0 Å². The highest BCUT2D eigenvalue weighted by molar-refractivity contribution is 7.99. The first kappa shape index (κ1) is 11.6. The van der Waals surface area contributed by atoms with Gasteiger partial charge in [-0.3, -0.25) is 4.79 Å². The number of thioether (sulfide) groups is 1. The Kier molecular flexibility index (Phi) is 4.19. The maximum Gasteiger partial charge on any atom is 0.230 e. The van der Waals surface area contributed by atoms with Crippen molar-refractivity contribution in [3.63, 3.8) is 0 Å². The summed E-state index contributed by atoms with van der Waals surface area (Å²) in [4.78, 5) is 10.8. The summed E-state index contributed by atoms with van der Waals surface area (Å²) in [5.41, 5.74) is 6.88. The van der Waals surface area contributed by atoms with Gasteiger partial charge in [0.2, 0.25) is 5.91 Å². The molecule has 1 aromatic carbocycles. The van der Waals surface area contributed by atoms with Crippen LogP contribution in [0.2, 0.25) is 0 Å². The molecule has 3 nitrogen and oxygen atoms in total. The van der Waals surface area contributed by atoms with Gasteiger partial charge in [0.25, 0.3) is 0 Å². The summed E-state index contributed by atoms with van der Waals surface area (Å²) in [5.74, 6) is 0.434. The number of rotatable bonds is 4. The number of carbonyl (C=O) groups excluding carboxylic acids is 1. The number of nitrogens with zero attached hydrogens (tertiary/aromatic N) is 1. The van der Waals surface area contributed by atoms with Crippen LogP contribution < -0.4 is 5.73 Å². The molecule has 1 atom stereocenters. The van der Waals surface area contributed by atoms with E-state index < -0.39 is 0 Å². The summed E-state index contributed by atoms with van der Waals surface area (Å²) in [5, 5.41) is 8.42. The number of primary amides is 1. The first-order chi connectivity index (χ1) is 7.13. The molecule has 78 valence electrons. The normalized spacial score (nSPS) is 11.7. The van der Waals surface area contributed by atoms with Crippen molar-refractivity contribution in [2.24, 2.45) is 5.73 Å². The van der Waals surface area contributed by atoms with Crippen molar-refractivity contribution in [3.8, 4) is 6.07 Å². The summed E-state index contributed by atoms with van der Waals surface area (Å²) in [6.07, 6.45) is 0. The molecule has 0 aliphatic carbocycles. The average molecular weight is 220 g/mol. The third-order valence-electron chi connectivity index (χ3n) is 1.98. The van der Waals surface area contributed by atoms with E-state index in [1.165, 1.54) is 11.8 Å². The fourth-order valence-electron chi connectivity index (χ4n) is 0.979. The van der Waals surface area contributed by atoms with Crippen molar-refractivity contribution < 1.29 is 4.79 Å². The molecule has 4 heteroatoms. The van der Waals surface area contributed by atoms with E-state index in [0.717, 1.165) is 11.3 Å². The molecule has 0 bridgehead atoms. The Bertz CT molecular complexity index is 381. The average Bonchev–Trinajstić information content (AvgIpc) is 2.26. The van der Waals surface area contributed by atoms with Crippen LogP contribution in [0.3, 0.4) is 0 Å². The van der Waals surface area contributed by atoms with E-state index in [-0.39, 0.29) is 11.2 Å². The van der Waals surface area contributed by atoms with E-state index in [0.29, 0.717) is 5.56 Å². The Labute approximate surface area is 93.3 Å². The van der Waals surface area contributed by atoms with Gasteiger partial charge in [0.05, 0.1) is 16.9 Å². The highest BCUT2D eigenvalue weighted by Crippen LogP contribution is 2.17. The SMILES string of the molecule is CC(SCc1ccc(C#N)cc1)C(N)=O. The zero-order chi connectivity index (χ0) is 11.3. The molecule has 0 spiro atoms. The molecule has 15 heavy (non-hydrogen) atoms. The minimum absolute atomic E-state index is 0.180. The Balaban J connectivity index is 2.52. The number of nitriles is 1. The molecule has 1 unspecified atom stereocenters. The second kappa shape index (κ2) is 5.42. The standard InChI is InChI=1S/C11H12N2OS/c1-8(11(13)14)15-7-10-4-2-9(6-12)3-5-10/h2-5,8H,7H2,1H3,(H2,13,14). The van der Waals surface area contributed by atoms with Gasteiger partial charge in [-0.2, -0.15) is 5.26 Å². The number of benzene rings is 1. The fraction of sp³-hybridized carbons (Fsp3) is 0.273. The Morgan fingerprint density at radius 1 is 1.53 bits per heavy atom. The van der Waals surface area contributed by atoms with Crippen molar-refractivity contribution in [2.45, 2.75) is 17.9 Å². The molecule has 0 aliphatic rings. The third kappa shape index (κ3) is 3.64. The number of carbonyl (C=O) groups is 1. The van der Waals surface area contributed by atoms with Gasteiger partial charge in [-0.25, -0.2) is 0 Å². The number of amides is 1. The van der Waals surface area contributed by atoms with Gasteiger partial charge < -0.3 is 5.73 Å². The van der Waals surface area contributed by atoms with Gasteiger partial charge in [0, 0.05) is 5.75 Å². The van der Waals surface area contributed by atoms with Crippen LogP contribution in [0.5, 0.6) is 0 Å². The lowest BCUT2D eigenvalue weighted by Crippen LogP contribution is -2.22. The highest BCUT2D eigenvalue weighted by atomic mass is 32.2. The zero-order valence-corrected chi connectivity index (χ0v) is 9.25. The lowest BCUT2D eigenvalue weighted by atomic mass is 10.2. The monoisotopic (exact) mass is 220 g/mol. The minimum atomic E-state index is -0.298. The maximum absolute atomic E-state index is 10.8. The molecule has 0 heterocycles. The fourth-order valence-corrected chi connectivity index (χ4v) is 1.78. The van der Waals surface area contributed by atoms with Crippen molar-refractivity contribution in [1.29, 1.82) is 5.26 Å². The summed E-state index contributed by atoms with van der Waals surface area (Å²) in [7, 11) is 0. The molecular formula is C11H12N2OS. The van der Waals surface area contributed by atoms with Crippen LogP contribution in [0.4, 0.5) is 0 Å². The summed E-state index contributed by atoms with van der Waals surface area (Å²) in [6, 6.07) is 9.37. The molecule has 0 aliphatic heterocycles. The van der Waals surface area contributed by atoms with E-state index in [4.69, 9.17) is 11.0 Å². The van der Waals surface area contributed by atoms with Gasteiger partial charge in [-0.05, 0) is 24.6 Å². The van der Waals surface area contributed by atoms with E-state index in [1.54, 1.807) is 19.1 Å². The number of hydrogen-bond donors (Lipinski definition) is 1. The van der Waals surface area contributed by atoms with Crippen LogP contribution in [-0.4, -0.2) is 11.2 Å². The molecule has 0 fully saturated rings. The van der Waals surface area contributed by atoms with Crippen LogP contribution >= 0.6 is 11.8 Å². The largest absolute Gasteiger partial charge is 0.369 e. The summed E-state index contributed by atoms with van der Waals surface area (Å²) in [6.45, 7) is 1.79. The van der Waals surface area contributed by atoms with E-state index >= 15 is 0 Å². The van der Waals surface area contributed by atoms with Gasteiger partial charge in [0.15, 0.2) is 0 Å². The van der Waals surface area contributed by atoms with Gasteiger partial charge in [-0.1, -0.05) is 12.1 Å². The molecule has 1 amide bonds. The quantitative estimate of drug-likeness (QED) is 0.839. The smallest absolute Gasteiger partial charge is 0.230 e. The molecule has 1 rings (SSSR count). The van der Waals surface area contributed by atoms with Gasteiger partial charge in [-0.15, -0.1) is 11.8 Å². The first-order valence-electron chi connectivity index (χ1n) is 4.53. The van der Waals surface area contributed by atoms with E-state index in [2.05, 4.69) is 6.07 Å². The molecule has 0 saturated carbocycles. The Hall–Kier alpha value is -1.47. The van der Waals surface area contributed by atoms with Crippen LogP contribution in [0.1, 0.15) is 18.1 Å². The highest BCUT2D eigenvalue weighted by Gasteiger charge is 2.08. The Morgan fingerprint density at radius 2 is 2.13 bits per heavy atom. The predicted octanol–water partition coefficient (Wildman–Crippen LogP) is 1.67. The van der Waals surface area contributed by atoms with E-state index in [9.17, 15) is 4.79 Å². The topological polar surface area (TPSA) is 66.9 Å². The van der Waals surface area contributed by atoms with Crippen molar-refractivity contribution in [3.05, 3.63) is 35.4 Å². The molecular weight excluding hydrogens is 208 g/mol. The molecule has 2 N–H and O–H groups in total.